The Kier molecular flexibility index (Phi) is 6.32. The Morgan fingerprint density at radius 1 is 1.18 bits per heavy atom. The third-order valence-corrected chi connectivity index (χ3v) is 6.51. The minimum atomic E-state index is -0.166. The molecule has 8 heteroatoms. The number of likely N-dealkylation sites (tertiary alicyclic amines) is 1. The van der Waals surface area contributed by atoms with E-state index in [0.29, 0.717) is 31.3 Å². The van der Waals surface area contributed by atoms with Crippen LogP contribution in [0.15, 0.2) is 39.6 Å². The van der Waals surface area contributed by atoms with Gasteiger partial charge in [0.2, 0.25) is 0 Å². The molecule has 4 aromatic rings. The van der Waals surface area contributed by atoms with E-state index in [1.54, 1.807) is 4.57 Å². The molecule has 1 fully saturated rings. The van der Waals surface area contributed by atoms with Gasteiger partial charge in [-0.3, -0.25) is 4.57 Å². The maximum atomic E-state index is 12.8. The van der Waals surface area contributed by atoms with Crippen LogP contribution in [0.2, 0.25) is 0 Å². The van der Waals surface area contributed by atoms with Gasteiger partial charge < -0.3 is 23.9 Å². The van der Waals surface area contributed by atoms with Gasteiger partial charge in [0, 0.05) is 30.0 Å². The zero-order valence-electron chi connectivity index (χ0n) is 20.1. The number of nitrogens with one attached hydrogen (secondary N) is 1. The molecular weight excluding hydrogens is 432 g/mol. The molecule has 3 heterocycles. The maximum absolute atomic E-state index is 12.8. The lowest BCUT2D eigenvalue weighted by Crippen LogP contribution is -2.34. The highest BCUT2D eigenvalue weighted by atomic mass is 16.5. The Labute approximate surface area is 198 Å². The summed E-state index contributed by atoms with van der Waals surface area (Å²) in [5.41, 5.74) is 3.80. The van der Waals surface area contributed by atoms with E-state index in [1.165, 1.54) is 12.8 Å². The molecule has 2 aromatic carbocycles. The van der Waals surface area contributed by atoms with Crippen LogP contribution in [0.25, 0.3) is 22.0 Å². The third kappa shape index (κ3) is 4.68. The quantitative estimate of drug-likeness (QED) is 0.418. The average molecular weight is 465 g/mol. The molecule has 1 N–H and O–H groups in total. The molecule has 8 nitrogen and oxygen atoms in total. The molecule has 0 radical (unpaired) electrons. The van der Waals surface area contributed by atoms with Crippen LogP contribution >= 0.6 is 0 Å². The number of aryl methyl sites for hydroxylation is 1. The van der Waals surface area contributed by atoms with Crippen molar-refractivity contribution in [1.29, 1.82) is 0 Å². The predicted molar refractivity (Wildman–Crippen MR) is 132 cm³/mol. The molecule has 180 valence electrons. The standard InChI is InChI=1S/C26H32N4O4/c1-4-8-32-20-9-19(10-21(11-20)33-16-18-6-5-7-29(3)14-18)15-30-24-12-22-17(2)28-34-25(22)13-23(24)27-26(30)31/h9-13,18H,4-8,14-16H2,1-3H3,(H,27,31). The summed E-state index contributed by atoms with van der Waals surface area (Å²) >= 11 is 0. The lowest BCUT2D eigenvalue weighted by Gasteiger charge is -2.29. The second-order valence-electron chi connectivity index (χ2n) is 9.39. The lowest BCUT2D eigenvalue weighted by molar-refractivity contribution is 0.150. The molecule has 2 aromatic heterocycles. The summed E-state index contributed by atoms with van der Waals surface area (Å²) in [7, 11) is 2.16. The van der Waals surface area contributed by atoms with Crippen molar-refractivity contribution in [3.63, 3.8) is 0 Å². The number of piperidine rings is 1. The van der Waals surface area contributed by atoms with Crippen molar-refractivity contribution in [3.8, 4) is 11.5 Å². The summed E-state index contributed by atoms with van der Waals surface area (Å²) in [5.74, 6) is 2.06. The summed E-state index contributed by atoms with van der Waals surface area (Å²) in [4.78, 5) is 18.1. The van der Waals surface area contributed by atoms with Gasteiger partial charge in [-0.25, -0.2) is 4.79 Å². The van der Waals surface area contributed by atoms with Crippen LogP contribution < -0.4 is 15.2 Å². The maximum Gasteiger partial charge on any atom is 0.326 e. The van der Waals surface area contributed by atoms with E-state index >= 15 is 0 Å². The Morgan fingerprint density at radius 3 is 2.79 bits per heavy atom. The zero-order chi connectivity index (χ0) is 23.7. The van der Waals surface area contributed by atoms with Crippen LogP contribution in [-0.4, -0.2) is 53.0 Å². The van der Waals surface area contributed by atoms with Crippen LogP contribution in [0, 0.1) is 12.8 Å². The normalized spacial score (nSPS) is 17.0. The molecular formula is C26H32N4O4. The first-order chi connectivity index (χ1) is 16.5. The average Bonchev–Trinajstić information content (AvgIpc) is 3.33. The Morgan fingerprint density at radius 2 is 2.00 bits per heavy atom. The van der Waals surface area contributed by atoms with E-state index in [4.69, 9.17) is 14.0 Å². The number of fused-ring (bicyclic) bond motifs is 2. The first-order valence-electron chi connectivity index (χ1n) is 12.1. The molecule has 0 spiro atoms. The monoisotopic (exact) mass is 464 g/mol. The highest BCUT2D eigenvalue weighted by Gasteiger charge is 2.18. The molecule has 0 amide bonds. The van der Waals surface area contributed by atoms with Crippen molar-refractivity contribution >= 4 is 22.0 Å². The Balaban J connectivity index is 1.44. The van der Waals surface area contributed by atoms with E-state index < -0.39 is 0 Å². The number of H-pyrrole nitrogens is 1. The number of nitrogens with zero attached hydrogens (tertiary/aromatic N) is 3. The van der Waals surface area contributed by atoms with Crippen molar-refractivity contribution in [2.45, 2.75) is 39.7 Å². The second kappa shape index (κ2) is 9.54. The Bertz CT molecular complexity index is 1350. The van der Waals surface area contributed by atoms with Gasteiger partial charge in [0.1, 0.15) is 11.5 Å². The molecule has 1 atom stereocenters. The minimum Gasteiger partial charge on any atom is -0.493 e. The summed E-state index contributed by atoms with van der Waals surface area (Å²) < 4.78 is 19.3. The minimum absolute atomic E-state index is 0.166. The smallest absolute Gasteiger partial charge is 0.326 e. The van der Waals surface area contributed by atoms with Crippen molar-refractivity contribution in [3.05, 3.63) is 52.1 Å². The molecule has 5 rings (SSSR count). The summed E-state index contributed by atoms with van der Waals surface area (Å²) in [6.07, 6.45) is 3.31. The Hall–Kier alpha value is -3.26. The van der Waals surface area contributed by atoms with Crippen molar-refractivity contribution < 1.29 is 14.0 Å². The van der Waals surface area contributed by atoms with Gasteiger partial charge in [-0.1, -0.05) is 12.1 Å². The number of rotatable bonds is 8. The largest absolute Gasteiger partial charge is 0.493 e. The second-order valence-corrected chi connectivity index (χ2v) is 9.39. The third-order valence-electron chi connectivity index (χ3n) is 6.51. The topological polar surface area (TPSA) is 85.5 Å². The summed E-state index contributed by atoms with van der Waals surface area (Å²) in [6, 6.07) is 9.75. The van der Waals surface area contributed by atoms with Gasteiger partial charge in [0.15, 0.2) is 5.58 Å². The van der Waals surface area contributed by atoms with Crippen molar-refractivity contribution in [2.75, 3.05) is 33.4 Å². The van der Waals surface area contributed by atoms with E-state index in [-0.39, 0.29) is 5.69 Å². The number of ether oxygens (including phenoxy) is 2. The van der Waals surface area contributed by atoms with Crippen LogP contribution in [0.3, 0.4) is 0 Å². The van der Waals surface area contributed by atoms with Crippen LogP contribution in [0.1, 0.15) is 37.4 Å². The number of imidazole rings is 1. The van der Waals surface area contributed by atoms with Crippen LogP contribution in [-0.2, 0) is 6.54 Å². The first kappa shape index (κ1) is 22.5. The van der Waals surface area contributed by atoms with Gasteiger partial charge in [0.05, 0.1) is 36.5 Å². The molecule has 0 saturated carbocycles. The lowest BCUT2D eigenvalue weighted by atomic mass is 9.99. The molecule has 0 bridgehead atoms. The fourth-order valence-electron chi connectivity index (χ4n) is 4.78. The molecule has 1 saturated heterocycles. The van der Waals surface area contributed by atoms with Gasteiger partial charge in [-0.05, 0) is 63.5 Å². The zero-order valence-corrected chi connectivity index (χ0v) is 20.1. The summed E-state index contributed by atoms with van der Waals surface area (Å²) in [6.45, 7) is 7.91. The molecule has 1 aliphatic rings. The molecule has 1 unspecified atom stereocenters. The molecule has 0 aliphatic carbocycles. The number of aromatic amines is 1. The van der Waals surface area contributed by atoms with E-state index in [9.17, 15) is 4.79 Å². The van der Waals surface area contributed by atoms with Gasteiger partial charge >= 0.3 is 5.69 Å². The fourth-order valence-corrected chi connectivity index (χ4v) is 4.78. The van der Waals surface area contributed by atoms with E-state index in [0.717, 1.165) is 58.7 Å². The highest BCUT2D eigenvalue weighted by Crippen LogP contribution is 2.27. The van der Waals surface area contributed by atoms with Gasteiger partial charge in [-0.15, -0.1) is 0 Å². The van der Waals surface area contributed by atoms with Gasteiger partial charge in [0.25, 0.3) is 0 Å². The number of aromatic nitrogens is 3. The van der Waals surface area contributed by atoms with Crippen LogP contribution in [0.5, 0.6) is 11.5 Å². The fraction of sp³-hybridized carbons (Fsp3) is 0.462. The molecule has 1 aliphatic heterocycles. The van der Waals surface area contributed by atoms with E-state index in [1.807, 2.05) is 37.3 Å². The SMILES string of the molecule is CCCOc1cc(Cn2c(=O)[nH]c3cc4onc(C)c4cc32)cc(OCC2CCCN(C)C2)c1. The number of hydrogen-bond acceptors (Lipinski definition) is 6. The van der Waals surface area contributed by atoms with Crippen LogP contribution in [0.4, 0.5) is 0 Å². The van der Waals surface area contributed by atoms with E-state index in [2.05, 4.69) is 29.0 Å². The number of benzene rings is 2. The van der Waals surface area contributed by atoms with Gasteiger partial charge in [-0.2, -0.15) is 0 Å². The van der Waals surface area contributed by atoms with Crippen molar-refractivity contribution in [2.24, 2.45) is 5.92 Å². The number of hydrogen-bond donors (Lipinski definition) is 1. The highest BCUT2D eigenvalue weighted by molar-refractivity contribution is 5.93. The molecule has 34 heavy (non-hydrogen) atoms. The van der Waals surface area contributed by atoms with Crippen molar-refractivity contribution in [1.82, 2.24) is 19.6 Å². The predicted octanol–water partition coefficient (Wildman–Crippen LogP) is 4.34. The summed E-state index contributed by atoms with van der Waals surface area (Å²) in [5, 5.41) is 4.94. The first-order valence-corrected chi connectivity index (χ1v) is 12.1.